The van der Waals surface area contributed by atoms with Gasteiger partial charge in [0.05, 0.1) is 5.92 Å². The molecule has 4 rings (SSSR count). The number of carbonyl (C=O) groups is 1. The molecule has 2 aromatic rings. The van der Waals surface area contributed by atoms with Gasteiger partial charge < -0.3 is 10.2 Å². The molecular formula is C20H24N4O. The van der Waals surface area contributed by atoms with Crippen molar-refractivity contribution >= 4 is 11.7 Å². The number of amides is 1. The van der Waals surface area contributed by atoms with Gasteiger partial charge in [0.25, 0.3) is 0 Å². The van der Waals surface area contributed by atoms with E-state index in [1.165, 1.54) is 11.3 Å². The molecule has 1 atom stereocenters. The minimum atomic E-state index is 0.0472. The molecule has 1 aromatic carbocycles. The van der Waals surface area contributed by atoms with Gasteiger partial charge in [0, 0.05) is 37.0 Å². The highest BCUT2D eigenvalue weighted by molar-refractivity contribution is 5.79. The first-order valence-electron chi connectivity index (χ1n) is 9.18. The van der Waals surface area contributed by atoms with Gasteiger partial charge in [-0.1, -0.05) is 30.3 Å². The summed E-state index contributed by atoms with van der Waals surface area (Å²) in [5, 5.41) is 2.80. The maximum absolute atomic E-state index is 12.1. The van der Waals surface area contributed by atoms with Crippen molar-refractivity contribution in [2.45, 2.75) is 32.1 Å². The number of fused-ring (bicyclic) bond motifs is 1. The monoisotopic (exact) mass is 336 g/mol. The van der Waals surface area contributed by atoms with E-state index >= 15 is 0 Å². The van der Waals surface area contributed by atoms with Crippen LogP contribution in [0.5, 0.6) is 0 Å². The van der Waals surface area contributed by atoms with Crippen LogP contribution in [0, 0.1) is 5.92 Å². The summed E-state index contributed by atoms with van der Waals surface area (Å²) < 4.78 is 0. The molecule has 5 heteroatoms. The number of benzene rings is 1. The van der Waals surface area contributed by atoms with Crippen LogP contribution in [0.3, 0.4) is 0 Å². The van der Waals surface area contributed by atoms with Crippen molar-refractivity contribution in [3.63, 3.8) is 0 Å². The molecule has 1 aromatic heterocycles. The van der Waals surface area contributed by atoms with Crippen LogP contribution in [0.1, 0.15) is 30.5 Å². The van der Waals surface area contributed by atoms with Gasteiger partial charge >= 0.3 is 0 Å². The lowest BCUT2D eigenvalue weighted by atomic mass is 9.96. The van der Waals surface area contributed by atoms with Gasteiger partial charge in [-0.15, -0.1) is 0 Å². The largest absolute Gasteiger partial charge is 0.359 e. The Kier molecular flexibility index (Phi) is 4.38. The molecule has 2 heterocycles. The Morgan fingerprint density at radius 2 is 2.00 bits per heavy atom. The predicted octanol–water partition coefficient (Wildman–Crippen LogP) is 2.59. The van der Waals surface area contributed by atoms with Crippen LogP contribution in [0.15, 0.2) is 30.3 Å². The second-order valence-corrected chi connectivity index (χ2v) is 6.92. The van der Waals surface area contributed by atoms with Gasteiger partial charge in [0.1, 0.15) is 5.82 Å². The maximum atomic E-state index is 12.1. The van der Waals surface area contributed by atoms with Gasteiger partial charge in [-0.2, -0.15) is 0 Å². The topological polar surface area (TPSA) is 58.1 Å². The zero-order chi connectivity index (χ0) is 17.2. The second kappa shape index (κ2) is 6.82. The molecule has 2 aliphatic rings. The maximum Gasteiger partial charge on any atom is 0.224 e. The van der Waals surface area contributed by atoms with E-state index in [4.69, 9.17) is 9.97 Å². The smallest absolute Gasteiger partial charge is 0.224 e. The average Bonchev–Trinajstić information content (AvgIpc) is 3.16. The number of nitrogens with one attached hydrogen (secondary N) is 1. The lowest BCUT2D eigenvalue weighted by Gasteiger charge is -2.34. The summed E-state index contributed by atoms with van der Waals surface area (Å²) in [4.78, 5) is 24.2. The van der Waals surface area contributed by atoms with Gasteiger partial charge in [-0.25, -0.2) is 9.97 Å². The molecular weight excluding hydrogens is 312 g/mol. The van der Waals surface area contributed by atoms with Crippen molar-refractivity contribution in [3.05, 3.63) is 41.6 Å². The summed E-state index contributed by atoms with van der Waals surface area (Å²) in [7, 11) is 1.72. The van der Waals surface area contributed by atoms with Crippen molar-refractivity contribution < 1.29 is 4.79 Å². The van der Waals surface area contributed by atoms with Crippen LogP contribution in [-0.4, -0.2) is 36.0 Å². The van der Waals surface area contributed by atoms with Crippen LogP contribution in [-0.2, 0) is 17.6 Å². The number of aryl methyl sites for hydroxylation is 1. The van der Waals surface area contributed by atoms with Crippen LogP contribution >= 0.6 is 0 Å². The van der Waals surface area contributed by atoms with Gasteiger partial charge in [0.2, 0.25) is 5.91 Å². The fraction of sp³-hybridized carbons (Fsp3) is 0.450. The zero-order valence-electron chi connectivity index (χ0n) is 14.7. The molecule has 25 heavy (non-hydrogen) atoms. The fourth-order valence-corrected chi connectivity index (χ4v) is 3.98. The molecule has 0 bridgehead atoms. The van der Waals surface area contributed by atoms with Gasteiger partial charge in [-0.05, 0) is 32.1 Å². The molecule has 1 fully saturated rings. The van der Waals surface area contributed by atoms with Crippen molar-refractivity contribution in [2.75, 3.05) is 25.0 Å². The summed E-state index contributed by atoms with van der Waals surface area (Å²) in [6.07, 6.45) is 5.19. The Bertz CT molecular complexity index is 775. The Morgan fingerprint density at radius 1 is 1.16 bits per heavy atom. The molecule has 0 saturated carbocycles. The molecule has 0 spiro atoms. The minimum Gasteiger partial charge on any atom is -0.359 e. The van der Waals surface area contributed by atoms with Gasteiger partial charge in [-0.3, -0.25) is 4.79 Å². The second-order valence-electron chi connectivity index (χ2n) is 6.92. The zero-order valence-corrected chi connectivity index (χ0v) is 14.7. The fourth-order valence-electron chi connectivity index (χ4n) is 3.98. The van der Waals surface area contributed by atoms with Crippen molar-refractivity contribution in [3.8, 4) is 11.4 Å². The summed E-state index contributed by atoms with van der Waals surface area (Å²) in [5.74, 6) is 2.04. The van der Waals surface area contributed by atoms with E-state index in [1.54, 1.807) is 7.05 Å². The summed E-state index contributed by atoms with van der Waals surface area (Å²) in [5.41, 5.74) is 3.53. The average molecular weight is 336 g/mol. The number of hydrogen-bond donors (Lipinski definition) is 1. The third-order valence-corrected chi connectivity index (χ3v) is 5.28. The SMILES string of the molecule is CNC(=O)C1CCCN(c2nc(-c3ccccc3)nc3c2CCC3)C1. The van der Waals surface area contributed by atoms with E-state index in [0.29, 0.717) is 0 Å². The first kappa shape index (κ1) is 16.1. The number of rotatable bonds is 3. The molecule has 1 aliphatic heterocycles. The third kappa shape index (κ3) is 3.11. The summed E-state index contributed by atoms with van der Waals surface area (Å²) in [6, 6.07) is 10.2. The van der Waals surface area contributed by atoms with E-state index in [0.717, 1.165) is 62.4 Å². The first-order chi connectivity index (χ1) is 12.3. The molecule has 1 N–H and O–H groups in total. The minimum absolute atomic E-state index is 0.0472. The van der Waals surface area contributed by atoms with Crippen LogP contribution < -0.4 is 10.2 Å². The molecule has 130 valence electrons. The lowest BCUT2D eigenvalue weighted by molar-refractivity contribution is -0.124. The van der Waals surface area contributed by atoms with E-state index in [2.05, 4.69) is 22.3 Å². The van der Waals surface area contributed by atoms with E-state index in [-0.39, 0.29) is 11.8 Å². The lowest BCUT2D eigenvalue weighted by Crippen LogP contribution is -2.43. The molecule has 1 saturated heterocycles. The molecule has 1 aliphatic carbocycles. The summed E-state index contributed by atoms with van der Waals surface area (Å²) >= 11 is 0. The highest BCUT2D eigenvalue weighted by Crippen LogP contribution is 2.33. The molecule has 1 amide bonds. The number of hydrogen-bond acceptors (Lipinski definition) is 4. The number of nitrogens with zero attached hydrogens (tertiary/aromatic N) is 3. The molecule has 5 nitrogen and oxygen atoms in total. The Morgan fingerprint density at radius 3 is 2.80 bits per heavy atom. The quantitative estimate of drug-likeness (QED) is 0.936. The Hall–Kier alpha value is -2.43. The van der Waals surface area contributed by atoms with Crippen LogP contribution in [0.2, 0.25) is 0 Å². The Labute approximate surface area is 148 Å². The number of anilines is 1. The van der Waals surface area contributed by atoms with Crippen LogP contribution in [0.25, 0.3) is 11.4 Å². The van der Waals surface area contributed by atoms with Crippen molar-refractivity contribution in [1.29, 1.82) is 0 Å². The number of aromatic nitrogens is 2. The Balaban J connectivity index is 1.71. The van der Waals surface area contributed by atoms with E-state index < -0.39 is 0 Å². The van der Waals surface area contributed by atoms with Crippen molar-refractivity contribution in [1.82, 2.24) is 15.3 Å². The predicted molar refractivity (Wildman–Crippen MR) is 98.5 cm³/mol. The third-order valence-electron chi connectivity index (χ3n) is 5.28. The van der Waals surface area contributed by atoms with Crippen molar-refractivity contribution in [2.24, 2.45) is 5.92 Å². The highest BCUT2D eigenvalue weighted by Gasteiger charge is 2.29. The van der Waals surface area contributed by atoms with E-state index in [9.17, 15) is 4.79 Å². The standard InChI is InChI=1S/C20H24N4O/c1-21-20(25)15-9-6-12-24(13-15)19-16-10-5-11-17(16)22-18(23-19)14-7-3-2-4-8-14/h2-4,7-8,15H,5-6,9-13H2,1H3,(H,21,25). The van der Waals surface area contributed by atoms with E-state index in [1.807, 2.05) is 18.2 Å². The summed E-state index contributed by atoms with van der Waals surface area (Å²) in [6.45, 7) is 1.71. The number of piperidine rings is 1. The highest BCUT2D eigenvalue weighted by atomic mass is 16.1. The number of carbonyl (C=O) groups excluding carboxylic acids is 1. The molecule has 1 unspecified atom stereocenters. The van der Waals surface area contributed by atoms with Gasteiger partial charge in [0.15, 0.2) is 5.82 Å². The van der Waals surface area contributed by atoms with Crippen LogP contribution in [0.4, 0.5) is 5.82 Å². The normalized spacial score (nSPS) is 19.6. The molecule has 0 radical (unpaired) electrons. The first-order valence-corrected chi connectivity index (χ1v) is 9.18.